The summed E-state index contributed by atoms with van der Waals surface area (Å²) < 4.78 is 31.8. The number of halogens is 1. The largest absolute Gasteiger partial charge is 0.398 e. The van der Waals surface area contributed by atoms with Crippen molar-refractivity contribution in [1.82, 2.24) is 5.16 Å². The van der Waals surface area contributed by atoms with Gasteiger partial charge in [-0.2, -0.15) is 0 Å². The number of anilines is 2. The van der Waals surface area contributed by atoms with E-state index in [9.17, 15) is 8.42 Å². The van der Waals surface area contributed by atoms with E-state index in [0.717, 1.165) is 0 Å². The molecule has 0 aliphatic heterocycles. The van der Waals surface area contributed by atoms with Gasteiger partial charge in [-0.1, -0.05) is 21.1 Å². The van der Waals surface area contributed by atoms with Crippen molar-refractivity contribution >= 4 is 37.5 Å². The van der Waals surface area contributed by atoms with Gasteiger partial charge in [0.1, 0.15) is 6.26 Å². The Labute approximate surface area is 112 Å². The monoisotopic (exact) mass is 331 g/mol. The van der Waals surface area contributed by atoms with Gasteiger partial charge in [-0.25, -0.2) is 8.42 Å². The molecular formula is C10H10BrN3O3S. The lowest BCUT2D eigenvalue weighted by Gasteiger charge is -2.10. The first-order chi connectivity index (χ1) is 8.40. The molecule has 96 valence electrons. The third-order valence-corrected chi connectivity index (χ3v) is 4.27. The van der Waals surface area contributed by atoms with Gasteiger partial charge in [-0.15, -0.1) is 0 Å². The minimum absolute atomic E-state index is 0.0948. The van der Waals surface area contributed by atoms with Gasteiger partial charge in [-0.05, 0) is 24.6 Å². The normalized spacial score (nSPS) is 11.4. The van der Waals surface area contributed by atoms with Gasteiger partial charge in [0.2, 0.25) is 0 Å². The Kier molecular flexibility index (Phi) is 3.31. The van der Waals surface area contributed by atoms with E-state index in [-0.39, 0.29) is 10.7 Å². The maximum atomic E-state index is 12.2. The summed E-state index contributed by atoms with van der Waals surface area (Å²) in [5.74, 6) is 0.118. The summed E-state index contributed by atoms with van der Waals surface area (Å²) in [6.45, 7) is 1.64. The molecule has 0 saturated heterocycles. The molecule has 8 heteroatoms. The molecule has 0 spiro atoms. The number of sulfonamides is 1. The van der Waals surface area contributed by atoms with Crippen LogP contribution in [0.3, 0.4) is 0 Å². The van der Waals surface area contributed by atoms with Crippen molar-refractivity contribution in [3.63, 3.8) is 0 Å². The molecule has 1 heterocycles. The summed E-state index contributed by atoms with van der Waals surface area (Å²) in [7, 11) is -3.74. The first-order valence-electron chi connectivity index (χ1n) is 4.89. The molecule has 3 N–H and O–H groups in total. The van der Waals surface area contributed by atoms with Gasteiger partial charge in [0, 0.05) is 16.2 Å². The zero-order valence-electron chi connectivity index (χ0n) is 9.34. The molecule has 0 atom stereocenters. The fraction of sp³-hybridized carbons (Fsp3) is 0.100. The average Bonchev–Trinajstić information content (AvgIpc) is 2.75. The number of aromatic nitrogens is 1. The van der Waals surface area contributed by atoms with E-state index in [0.29, 0.717) is 15.7 Å². The Bertz CT molecular complexity index is 668. The van der Waals surface area contributed by atoms with Gasteiger partial charge < -0.3 is 10.3 Å². The summed E-state index contributed by atoms with van der Waals surface area (Å²) in [5.41, 5.74) is 6.61. The lowest BCUT2D eigenvalue weighted by molar-refractivity contribution is 0.423. The van der Waals surface area contributed by atoms with Gasteiger partial charge in [-0.3, -0.25) is 4.72 Å². The molecule has 2 rings (SSSR count). The van der Waals surface area contributed by atoms with Gasteiger partial charge >= 0.3 is 0 Å². The maximum Gasteiger partial charge on any atom is 0.263 e. The predicted molar refractivity (Wildman–Crippen MR) is 70.6 cm³/mol. The van der Waals surface area contributed by atoms with Crippen molar-refractivity contribution in [2.75, 3.05) is 10.5 Å². The van der Waals surface area contributed by atoms with E-state index >= 15 is 0 Å². The van der Waals surface area contributed by atoms with Crippen LogP contribution in [0.1, 0.15) is 5.56 Å². The number of benzene rings is 1. The third kappa shape index (κ3) is 2.49. The number of nitrogens with one attached hydrogen (secondary N) is 1. The quantitative estimate of drug-likeness (QED) is 0.839. The van der Waals surface area contributed by atoms with Crippen molar-refractivity contribution in [3.05, 3.63) is 34.5 Å². The molecule has 0 unspecified atom stereocenters. The topological polar surface area (TPSA) is 98.2 Å². The van der Waals surface area contributed by atoms with Crippen molar-refractivity contribution < 1.29 is 12.9 Å². The van der Waals surface area contributed by atoms with E-state index < -0.39 is 10.0 Å². The highest BCUT2D eigenvalue weighted by Crippen LogP contribution is 2.27. The second kappa shape index (κ2) is 4.62. The van der Waals surface area contributed by atoms with Crippen molar-refractivity contribution in [2.45, 2.75) is 11.8 Å². The number of nitrogen functional groups attached to an aromatic ring is 1. The Hall–Kier alpha value is -1.54. The number of nitrogens with zero attached hydrogens (tertiary/aromatic N) is 1. The molecular weight excluding hydrogens is 322 g/mol. The van der Waals surface area contributed by atoms with E-state index in [1.165, 1.54) is 18.4 Å². The van der Waals surface area contributed by atoms with E-state index in [2.05, 4.69) is 30.3 Å². The second-order valence-electron chi connectivity index (χ2n) is 3.61. The van der Waals surface area contributed by atoms with Crippen LogP contribution >= 0.6 is 15.9 Å². The molecule has 0 fully saturated rings. The van der Waals surface area contributed by atoms with E-state index in [4.69, 9.17) is 5.73 Å². The Morgan fingerprint density at radius 2 is 2.17 bits per heavy atom. The number of rotatable bonds is 3. The minimum atomic E-state index is -3.74. The highest BCUT2D eigenvalue weighted by atomic mass is 79.9. The van der Waals surface area contributed by atoms with Gasteiger partial charge in [0.05, 0.1) is 4.90 Å². The fourth-order valence-corrected chi connectivity index (χ4v) is 3.33. The summed E-state index contributed by atoms with van der Waals surface area (Å²) in [5, 5.41) is 3.49. The molecule has 0 bridgehead atoms. The highest BCUT2D eigenvalue weighted by molar-refractivity contribution is 9.10. The molecule has 18 heavy (non-hydrogen) atoms. The van der Waals surface area contributed by atoms with Crippen molar-refractivity contribution in [1.29, 1.82) is 0 Å². The van der Waals surface area contributed by atoms with Gasteiger partial charge in [0.15, 0.2) is 5.82 Å². The molecule has 6 nitrogen and oxygen atoms in total. The average molecular weight is 332 g/mol. The Morgan fingerprint density at radius 3 is 2.78 bits per heavy atom. The van der Waals surface area contributed by atoms with Crippen LogP contribution in [0.2, 0.25) is 0 Å². The molecule has 0 amide bonds. The first-order valence-corrected chi connectivity index (χ1v) is 7.16. The van der Waals surface area contributed by atoms with Crippen LogP contribution in [0.15, 0.2) is 38.4 Å². The number of hydrogen-bond acceptors (Lipinski definition) is 5. The zero-order chi connectivity index (χ0) is 13.3. The fourth-order valence-electron chi connectivity index (χ4n) is 1.41. The third-order valence-electron chi connectivity index (χ3n) is 2.33. The highest BCUT2D eigenvalue weighted by Gasteiger charge is 2.20. The maximum absolute atomic E-state index is 12.2. The summed E-state index contributed by atoms with van der Waals surface area (Å²) >= 11 is 3.21. The second-order valence-corrected chi connectivity index (χ2v) is 6.17. The molecule has 1 aromatic carbocycles. The summed E-state index contributed by atoms with van der Waals surface area (Å²) in [6, 6.07) is 4.53. The Balaban J connectivity index is 2.48. The standard InChI is InChI=1S/C10H10BrN3O3S/c1-6-8(12)4-7(11)5-9(6)18(15,16)14-10-2-3-17-13-10/h2-5H,12H2,1H3,(H,13,14). The van der Waals surface area contributed by atoms with Crippen molar-refractivity contribution in [2.24, 2.45) is 0 Å². The van der Waals surface area contributed by atoms with Crippen LogP contribution in [0.4, 0.5) is 11.5 Å². The lowest BCUT2D eigenvalue weighted by Crippen LogP contribution is -2.15. The summed E-state index contributed by atoms with van der Waals surface area (Å²) in [4.78, 5) is 0.0948. The van der Waals surface area contributed by atoms with E-state index in [1.807, 2.05) is 0 Å². The van der Waals surface area contributed by atoms with Crippen LogP contribution in [-0.4, -0.2) is 13.6 Å². The first kappa shape index (κ1) is 12.9. The molecule has 1 aromatic heterocycles. The van der Waals surface area contributed by atoms with Crippen LogP contribution in [0.5, 0.6) is 0 Å². The molecule has 0 aliphatic rings. The SMILES string of the molecule is Cc1c(N)cc(Br)cc1S(=O)(=O)Nc1ccon1. The zero-order valence-corrected chi connectivity index (χ0v) is 11.7. The molecule has 0 saturated carbocycles. The summed E-state index contributed by atoms with van der Waals surface area (Å²) in [6.07, 6.45) is 1.28. The lowest BCUT2D eigenvalue weighted by atomic mass is 10.2. The smallest absolute Gasteiger partial charge is 0.263 e. The number of nitrogens with two attached hydrogens (primary N) is 1. The molecule has 2 aromatic rings. The predicted octanol–water partition coefficient (Wildman–Crippen LogP) is 2.13. The van der Waals surface area contributed by atoms with Gasteiger partial charge in [0.25, 0.3) is 10.0 Å². The number of hydrogen-bond donors (Lipinski definition) is 2. The van der Waals surface area contributed by atoms with E-state index in [1.54, 1.807) is 13.0 Å². The van der Waals surface area contributed by atoms with Crippen LogP contribution in [-0.2, 0) is 10.0 Å². The Morgan fingerprint density at radius 1 is 1.44 bits per heavy atom. The minimum Gasteiger partial charge on any atom is -0.398 e. The molecule has 0 radical (unpaired) electrons. The van der Waals surface area contributed by atoms with Crippen LogP contribution in [0.25, 0.3) is 0 Å². The molecule has 0 aliphatic carbocycles. The van der Waals surface area contributed by atoms with Crippen LogP contribution in [0, 0.1) is 6.92 Å². The van der Waals surface area contributed by atoms with Crippen molar-refractivity contribution in [3.8, 4) is 0 Å². The van der Waals surface area contributed by atoms with Crippen LogP contribution < -0.4 is 10.5 Å².